The van der Waals surface area contributed by atoms with Crippen LogP contribution in [0.15, 0.2) is 24.3 Å². The van der Waals surface area contributed by atoms with Crippen molar-refractivity contribution in [1.29, 1.82) is 0 Å². The van der Waals surface area contributed by atoms with Crippen LogP contribution < -0.4 is 9.47 Å². The zero-order valence-electron chi connectivity index (χ0n) is 14.9. The Bertz CT molecular complexity index is 808. The van der Waals surface area contributed by atoms with E-state index in [1.54, 1.807) is 7.11 Å². The molecule has 0 saturated carbocycles. The van der Waals surface area contributed by atoms with E-state index in [4.69, 9.17) is 9.47 Å². The highest BCUT2D eigenvalue weighted by Crippen LogP contribution is 2.33. The first-order valence-electron chi connectivity index (χ1n) is 8.66. The van der Waals surface area contributed by atoms with E-state index in [0.717, 1.165) is 48.0 Å². The Morgan fingerprint density at radius 3 is 2.76 bits per heavy atom. The van der Waals surface area contributed by atoms with E-state index in [9.17, 15) is 4.79 Å². The first kappa shape index (κ1) is 16.0. The van der Waals surface area contributed by atoms with Crippen LogP contribution in [0.3, 0.4) is 0 Å². The highest BCUT2D eigenvalue weighted by Gasteiger charge is 2.38. The summed E-state index contributed by atoms with van der Waals surface area (Å²) in [4.78, 5) is 14.7. The number of fused-ring (bicyclic) bond motifs is 1. The molecule has 2 aliphatic heterocycles. The minimum absolute atomic E-state index is 0.109. The fourth-order valence-corrected chi connectivity index (χ4v) is 3.70. The van der Waals surface area contributed by atoms with Gasteiger partial charge in [0.1, 0.15) is 18.1 Å². The van der Waals surface area contributed by atoms with Crippen molar-refractivity contribution in [3.8, 4) is 11.5 Å². The molecule has 25 heavy (non-hydrogen) atoms. The van der Waals surface area contributed by atoms with Crippen LogP contribution in [0.4, 0.5) is 0 Å². The number of aryl methyl sites for hydroxylation is 2. The van der Waals surface area contributed by atoms with Gasteiger partial charge in [0.25, 0.3) is 0 Å². The molecule has 0 N–H and O–H groups in total. The molecule has 0 unspecified atom stereocenters. The molecule has 1 aromatic heterocycles. The van der Waals surface area contributed by atoms with Crippen molar-refractivity contribution in [3.63, 3.8) is 0 Å². The molecule has 4 rings (SSSR count). The molecule has 1 amide bonds. The Balaban J connectivity index is 1.39. The van der Waals surface area contributed by atoms with E-state index in [1.807, 2.05) is 34.7 Å². The third-order valence-corrected chi connectivity index (χ3v) is 5.09. The molecule has 2 aromatic rings. The predicted octanol–water partition coefficient (Wildman–Crippen LogP) is 2.14. The molecule has 0 bridgehead atoms. The lowest BCUT2D eigenvalue weighted by atomic mass is 9.93. The van der Waals surface area contributed by atoms with Gasteiger partial charge in [0.2, 0.25) is 5.91 Å². The number of rotatable bonds is 3. The molecular weight excluding hydrogens is 318 g/mol. The molecule has 6 nitrogen and oxygen atoms in total. The van der Waals surface area contributed by atoms with Gasteiger partial charge in [0, 0.05) is 24.8 Å². The molecule has 1 aromatic carbocycles. The lowest BCUT2D eigenvalue weighted by Crippen LogP contribution is -2.54. The highest BCUT2D eigenvalue weighted by atomic mass is 16.5. The molecule has 132 valence electrons. The first-order chi connectivity index (χ1) is 12.0. The molecule has 0 spiro atoms. The van der Waals surface area contributed by atoms with Gasteiger partial charge in [-0.15, -0.1) is 0 Å². The third kappa shape index (κ3) is 2.86. The number of carbonyl (C=O) groups excluding carboxylic acids is 1. The van der Waals surface area contributed by atoms with Gasteiger partial charge >= 0.3 is 0 Å². The second-order valence-corrected chi connectivity index (χ2v) is 6.95. The van der Waals surface area contributed by atoms with Gasteiger partial charge < -0.3 is 14.4 Å². The molecule has 3 heterocycles. The number of benzene rings is 1. The summed E-state index contributed by atoms with van der Waals surface area (Å²) in [6.07, 6.45) is 0.721. The maximum Gasteiger partial charge on any atom is 0.229 e. The summed E-state index contributed by atoms with van der Waals surface area (Å²) in [5.74, 6) is 1.67. The summed E-state index contributed by atoms with van der Waals surface area (Å²) < 4.78 is 13.1. The Labute approximate surface area is 147 Å². The van der Waals surface area contributed by atoms with Gasteiger partial charge in [-0.1, -0.05) is 6.07 Å². The Hall–Kier alpha value is -2.50. The molecule has 0 aliphatic carbocycles. The minimum Gasteiger partial charge on any atom is -0.497 e. The van der Waals surface area contributed by atoms with Crippen LogP contribution in [0, 0.1) is 19.8 Å². The zero-order valence-corrected chi connectivity index (χ0v) is 14.9. The highest BCUT2D eigenvalue weighted by molar-refractivity contribution is 5.80. The standard InChI is InChI=1S/C19H23N3O3/c1-12-6-13(2)22(20-12)16-9-21(10-16)19(23)15-7-14-4-5-17(24-3)8-18(14)25-11-15/h4-6,8,15-16H,7,9-11H2,1-3H3/t15-/m0/s1. The van der Waals surface area contributed by atoms with E-state index in [1.165, 1.54) is 0 Å². The second-order valence-electron chi connectivity index (χ2n) is 6.95. The molecular formula is C19H23N3O3. The van der Waals surface area contributed by atoms with Crippen molar-refractivity contribution in [1.82, 2.24) is 14.7 Å². The van der Waals surface area contributed by atoms with Gasteiger partial charge in [-0.2, -0.15) is 5.10 Å². The lowest BCUT2D eigenvalue weighted by molar-refractivity contribution is -0.143. The van der Waals surface area contributed by atoms with Gasteiger partial charge in [-0.25, -0.2) is 0 Å². The van der Waals surface area contributed by atoms with E-state index in [0.29, 0.717) is 12.6 Å². The summed E-state index contributed by atoms with van der Waals surface area (Å²) in [6, 6.07) is 8.15. The summed E-state index contributed by atoms with van der Waals surface area (Å²) in [7, 11) is 1.64. The average Bonchev–Trinajstić information content (AvgIpc) is 2.90. The number of amides is 1. The SMILES string of the molecule is COc1ccc2c(c1)OC[C@@H](C(=O)N1CC(n3nc(C)cc3C)C1)C2. The number of methoxy groups -OCH3 is 1. The summed E-state index contributed by atoms with van der Waals surface area (Å²) in [6.45, 7) is 5.95. The van der Waals surface area contributed by atoms with Gasteiger partial charge in [-0.05, 0) is 38.0 Å². The van der Waals surface area contributed by atoms with Crippen LogP contribution in [0.25, 0.3) is 0 Å². The minimum atomic E-state index is -0.109. The van der Waals surface area contributed by atoms with E-state index in [2.05, 4.69) is 18.1 Å². The average molecular weight is 341 g/mol. The number of likely N-dealkylation sites (tertiary alicyclic amines) is 1. The second kappa shape index (κ2) is 6.10. The maximum absolute atomic E-state index is 12.8. The molecule has 1 fully saturated rings. The van der Waals surface area contributed by atoms with Gasteiger partial charge in [0.15, 0.2) is 0 Å². The van der Waals surface area contributed by atoms with Crippen LogP contribution >= 0.6 is 0 Å². The Morgan fingerprint density at radius 1 is 1.28 bits per heavy atom. The summed E-state index contributed by atoms with van der Waals surface area (Å²) in [5, 5.41) is 4.53. The topological polar surface area (TPSA) is 56.6 Å². The van der Waals surface area contributed by atoms with Gasteiger partial charge in [-0.3, -0.25) is 9.48 Å². The van der Waals surface area contributed by atoms with Crippen molar-refractivity contribution in [3.05, 3.63) is 41.2 Å². The van der Waals surface area contributed by atoms with E-state index < -0.39 is 0 Å². The van der Waals surface area contributed by atoms with E-state index >= 15 is 0 Å². The van der Waals surface area contributed by atoms with Crippen molar-refractivity contribution < 1.29 is 14.3 Å². The summed E-state index contributed by atoms with van der Waals surface area (Å²) in [5.41, 5.74) is 3.24. The van der Waals surface area contributed by atoms with Gasteiger partial charge in [0.05, 0.1) is 24.8 Å². The number of hydrogen-bond acceptors (Lipinski definition) is 4. The van der Waals surface area contributed by atoms with Crippen LogP contribution in [-0.4, -0.2) is 47.4 Å². The lowest BCUT2D eigenvalue weighted by Gasteiger charge is -2.42. The maximum atomic E-state index is 12.8. The monoisotopic (exact) mass is 341 g/mol. The molecule has 2 aliphatic rings. The van der Waals surface area contributed by atoms with Crippen LogP contribution in [0.5, 0.6) is 11.5 Å². The smallest absolute Gasteiger partial charge is 0.229 e. The van der Waals surface area contributed by atoms with Crippen molar-refractivity contribution in [2.75, 3.05) is 26.8 Å². The Kier molecular flexibility index (Phi) is 3.90. The number of nitrogens with zero attached hydrogens (tertiary/aromatic N) is 3. The van der Waals surface area contributed by atoms with Crippen LogP contribution in [0.1, 0.15) is 23.0 Å². The fraction of sp³-hybridized carbons (Fsp3) is 0.474. The van der Waals surface area contributed by atoms with Crippen molar-refractivity contribution >= 4 is 5.91 Å². The van der Waals surface area contributed by atoms with E-state index in [-0.39, 0.29) is 11.8 Å². The normalized spacial score (nSPS) is 19.8. The number of carbonyl (C=O) groups is 1. The third-order valence-electron chi connectivity index (χ3n) is 5.09. The van der Waals surface area contributed by atoms with Crippen LogP contribution in [-0.2, 0) is 11.2 Å². The first-order valence-corrected chi connectivity index (χ1v) is 8.66. The molecule has 1 saturated heterocycles. The van der Waals surface area contributed by atoms with Crippen LogP contribution in [0.2, 0.25) is 0 Å². The quantitative estimate of drug-likeness (QED) is 0.858. The van der Waals surface area contributed by atoms with Crippen molar-refractivity contribution in [2.45, 2.75) is 26.3 Å². The number of ether oxygens (including phenoxy) is 2. The largest absolute Gasteiger partial charge is 0.497 e. The zero-order chi connectivity index (χ0) is 17.6. The van der Waals surface area contributed by atoms with Crippen molar-refractivity contribution in [2.24, 2.45) is 5.92 Å². The number of hydrogen-bond donors (Lipinski definition) is 0. The predicted molar refractivity (Wildman–Crippen MR) is 93.0 cm³/mol. The molecule has 1 atom stereocenters. The Morgan fingerprint density at radius 2 is 2.08 bits per heavy atom. The fourth-order valence-electron chi connectivity index (χ4n) is 3.70. The molecule has 6 heteroatoms. The molecule has 0 radical (unpaired) electrons. The summed E-state index contributed by atoms with van der Waals surface area (Å²) >= 11 is 0. The number of aromatic nitrogens is 2.